The SMILES string of the molecule is CCOC(=O)c1ccc(N2C(=O)C3C4CC(C3C2=O)C2C(c3cc(OC)c(O)c(OC)c3)c3sc(=S)[nH]c3SC42)cc1. The quantitative estimate of drug-likeness (QED) is 0.212. The highest BCUT2D eigenvalue weighted by molar-refractivity contribution is 8.00. The van der Waals surface area contributed by atoms with Crippen LogP contribution in [0.3, 0.4) is 0 Å². The third-order valence-corrected chi connectivity index (χ3v) is 12.2. The van der Waals surface area contributed by atoms with Crippen LogP contribution in [0.2, 0.25) is 0 Å². The van der Waals surface area contributed by atoms with E-state index in [1.54, 1.807) is 43.0 Å². The molecule has 2 aliphatic heterocycles. The summed E-state index contributed by atoms with van der Waals surface area (Å²) in [5.74, 6) is -1.12. The highest BCUT2D eigenvalue weighted by Crippen LogP contribution is 2.69. The van der Waals surface area contributed by atoms with E-state index < -0.39 is 17.8 Å². The molecule has 218 valence electrons. The molecule has 42 heavy (non-hydrogen) atoms. The maximum Gasteiger partial charge on any atom is 0.338 e. The Balaban J connectivity index is 1.28. The van der Waals surface area contributed by atoms with Crippen LogP contribution in [-0.2, 0) is 14.3 Å². The van der Waals surface area contributed by atoms with Crippen molar-refractivity contribution < 1.29 is 33.7 Å². The second kappa shape index (κ2) is 10.1. The molecule has 7 atom stereocenters. The first-order valence-corrected chi connectivity index (χ1v) is 15.9. The van der Waals surface area contributed by atoms with Crippen molar-refractivity contribution in [3.63, 3.8) is 0 Å². The van der Waals surface area contributed by atoms with Gasteiger partial charge in [-0.25, -0.2) is 4.79 Å². The first-order chi connectivity index (χ1) is 20.3. The number of aromatic amines is 1. The van der Waals surface area contributed by atoms with Gasteiger partial charge in [0.15, 0.2) is 15.5 Å². The first-order valence-electron chi connectivity index (χ1n) is 13.8. The molecule has 7 unspecified atom stereocenters. The molecule has 2 bridgehead atoms. The summed E-state index contributed by atoms with van der Waals surface area (Å²) in [6.07, 6.45) is 0.795. The van der Waals surface area contributed by atoms with Gasteiger partial charge in [0.1, 0.15) is 0 Å². The number of aromatic nitrogens is 1. The van der Waals surface area contributed by atoms with E-state index in [4.69, 9.17) is 26.4 Å². The van der Waals surface area contributed by atoms with Crippen molar-refractivity contribution in [2.24, 2.45) is 29.6 Å². The van der Waals surface area contributed by atoms with E-state index in [2.05, 4.69) is 4.98 Å². The van der Waals surface area contributed by atoms with Crippen LogP contribution in [0.15, 0.2) is 41.4 Å². The molecule has 3 fully saturated rings. The Morgan fingerprint density at radius 2 is 1.71 bits per heavy atom. The number of nitrogens with zero attached hydrogens (tertiary/aromatic N) is 1. The monoisotopic (exact) mass is 624 g/mol. The predicted octanol–water partition coefficient (Wildman–Crippen LogP) is 5.38. The molecule has 2 aliphatic carbocycles. The third-order valence-electron chi connectivity index (χ3n) is 9.22. The lowest BCUT2D eigenvalue weighted by Crippen LogP contribution is -2.42. The number of aromatic hydroxyl groups is 1. The summed E-state index contributed by atoms with van der Waals surface area (Å²) in [6, 6.07) is 10.1. The standard InChI is InChI=1S/C30H28N2O7S3/c1-4-39-29(36)12-5-7-14(8-6-12)32-27(34)21-15-11-16(22(21)28(32)35)24-20(15)19(25-26(41-24)31-30(40)42-25)13-9-17(37-2)23(33)18(10-13)38-3/h5-10,15-16,19-22,24,33H,4,11H2,1-3H3,(H,31,40). The molecule has 0 radical (unpaired) electrons. The van der Waals surface area contributed by atoms with Crippen LogP contribution in [0, 0.1) is 33.5 Å². The molecule has 12 heteroatoms. The molecule has 7 rings (SSSR count). The first kappa shape index (κ1) is 27.5. The van der Waals surface area contributed by atoms with Gasteiger partial charge in [-0.3, -0.25) is 14.5 Å². The van der Waals surface area contributed by atoms with E-state index in [1.807, 2.05) is 12.1 Å². The van der Waals surface area contributed by atoms with Crippen molar-refractivity contribution >= 4 is 58.8 Å². The average Bonchev–Trinajstić information content (AvgIpc) is 3.72. The molecule has 2 aromatic carbocycles. The van der Waals surface area contributed by atoms with Crippen LogP contribution in [-0.4, -0.2) is 54.0 Å². The lowest BCUT2D eigenvalue weighted by Gasteiger charge is -2.43. The number of ether oxygens (including phenoxy) is 3. The molecule has 2 N–H and O–H groups in total. The van der Waals surface area contributed by atoms with Gasteiger partial charge in [0.05, 0.1) is 48.9 Å². The topological polar surface area (TPSA) is 118 Å². The second-order valence-electron chi connectivity index (χ2n) is 11.0. The van der Waals surface area contributed by atoms with Gasteiger partial charge in [-0.2, -0.15) is 0 Å². The summed E-state index contributed by atoms with van der Waals surface area (Å²) in [5, 5.41) is 11.7. The molecule has 9 nitrogen and oxygen atoms in total. The summed E-state index contributed by atoms with van der Waals surface area (Å²) >= 11 is 8.81. The third kappa shape index (κ3) is 3.87. The zero-order valence-electron chi connectivity index (χ0n) is 23.0. The number of H-pyrrole nitrogens is 1. The second-order valence-corrected chi connectivity index (χ2v) is 13.9. The van der Waals surface area contributed by atoms with Crippen molar-refractivity contribution in [1.29, 1.82) is 0 Å². The number of amides is 2. The van der Waals surface area contributed by atoms with Crippen LogP contribution in [0.25, 0.3) is 0 Å². The number of hydrogen-bond donors (Lipinski definition) is 2. The number of phenolic OH excluding ortho intramolecular Hbond substituents is 1. The van der Waals surface area contributed by atoms with E-state index in [1.165, 1.54) is 30.5 Å². The molecular formula is C30H28N2O7S3. The Morgan fingerprint density at radius 1 is 1.07 bits per heavy atom. The Labute approximate surface area is 255 Å². The number of esters is 1. The number of anilines is 1. The number of methoxy groups -OCH3 is 2. The lowest BCUT2D eigenvalue weighted by molar-refractivity contribution is -0.123. The number of hydrogen-bond acceptors (Lipinski definition) is 10. The van der Waals surface area contributed by atoms with Gasteiger partial charge in [0, 0.05) is 16.0 Å². The van der Waals surface area contributed by atoms with Crippen molar-refractivity contribution in [1.82, 2.24) is 4.98 Å². The molecule has 2 amide bonds. The summed E-state index contributed by atoms with van der Waals surface area (Å²) in [4.78, 5) is 45.8. The normalized spacial score (nSPS) is 28.8. The van der Waals surface area contributed by atoms with E-state index in [0.717, 1.165) is 21.9 Å². The molecule has 4 aliphatic rings. The fourth-order valence-electron chi connectivity index (χ4n) is 7.70. The zero-order chi connectivity index (χ0) is 29.4. The molecule has 0 spiro atoms. The average molecular weight is 625 g/mol. The van der Waals surface area contributed by atoms with Crippen LogP contribution >= 0.6 is 35.3 Å². The molecule has 3 aromatic rings. The fraction of sp³-hybridized carbons (Fsp3) is 0.400. The van der Waals surface area contributed by atoms with Crippen molar-refractivity contribution in [3.05, 3.63) is 56.4 Å². The lowest BCUT2D eigenvalue weighted by atomic mass is 9.68. The highest BCUT2D eigenvalue weighted by atomic mass is 32.2. The number of carbonyl (C=O) groups excluding carboxylic acids is 3. The minimum absolute atomic E-state index is 0.0163. The number of fused-ring (bicyclic) bond motifs is 9. The van der Waals surface area contributed by atoms with Gasteiger partial charge >= 0.3 is 5.97 Å². The number of carbonyl (C=O) groups is 3. The number of thioether (sulfide) groups is 1. The number of rotatable bonds is 6. The molecule has 1 saturated heterocycles. The van der Waals surface area contributed by atoms with Gasteiger partial charge in [0.2, 0.25) is 17.6 Å². The van der Waals surface area contributed by atoms with Gasteiger partial charge in [-0.05, 0) is 85.3 Å². The van der Waals surface area contributed by atoms with E-state index in [0.29, 0.717) is 26.7 Å². The van der Waals surface area contributed by atoms with Crippen molar-refractivity contribution in [2.45, 2.75) is 29.5 Å². The maximum atomic E-state index is 14.0. The molecular weight excluding hydrogens is 597 g/mol. The number of phenols is 1. The Hall–Kier alpha value is -3.35. The van der Waals surface area contributed by atoms with Gasteiger partial charge in [0.25, 0.3) is 0 Å². The number of benzene rings is 2. The Morgan fingerprint density at radius 3 is 2.33 bits per heavy atom. The van der Waals surface area contributed by atoms with E-state index in [9.17, 15) is 19.5 Å². The van der Waals surface area contributed by atoms with E-state index >= 15 is 0 Å². The molecule has 2 saturated carbocycles. The minimum Gasteiger partial charge on any atom is -0.502 e. The van der Waals surface area contributed by atoms with Crippen LogP contribution < -0.4 is 14.4 Å². The number of nitrogens with one attached hydrogen (secondary N) is 1. The Bertz CT molecular complexity index is 1660. The highest BCUT2D eigenvalue weighted by Gasteiger charge is 2.69. The van der Waals surface area contributed by atoms with Crippen LogP contribution in [0.1, 0.15) is 40.1 Å². The molecule has 3 heterocycles. The van der Waals surface area contributed by atoms with Gasteiger partial charge in [-0.1, -0.05) is 0 Å². The van der Waals surface area contributed by atoms with Crippen LogP contribution in [0.5, 0.6) is 17.2 Å². The number of imide groups is 1. The summed E-state index contributed by atoms with van der Waals surface area (Å²) < 4.78 is 16.7. The van der Waals surface area contributed by atoms with E-state index in [-0.39, 0.29) is 53.1 Å². The molecule has 1 aromatic heterocycles. The summed E-state index contributed by atoms with van der Waals surface area (Å²) in [7, 11) is 3.00. The summed E-state index contributed by atoms with van der Waals surface area (Å²) in [5.41, 5.74) is 1.75. The van der Waals surface area contributed by atoms with Crippen LogP contribution in [0.4, 0.5) is 5.69 Å². The van der Waals surface area contributed by atoms with Gasteiger partial charge in [-0.15, -0.1) is 23.1 Å². The Kier molecular flexibility index (Phi) is 6.63. The van der Waals surface area contributed by atoms with Crippen molar-refractivity contribution in [2.75, 3.05) is 25.7 Å². The largest absolute Gasteiger partial charge is 0.502 e. The number of thiazole rings is 1. The zero-order valence-corrected chi connectivity index (χ0v) is 25.4. The van der Waals surface area contributed by atoms with Gasteiger partial charge < -0.3 is 24.3 Å². The maximum absolute atomic E-state index is 14.0. The fourth-order valence-corrected chi connectivity index (χ4v) is 11.0. The smallest absolute Gasteiger partial charge is 0.338 e. The predicted molar refractivity (Wildman–Crippen MR) is 159 cm³/mol. The summed E-state index contributed by atoms with van der Waals surface area (Å²) in [6.45, 7) is 2.00. The van der Waals surface area contributed by atoms with Crippen molar-refractivity contribution in [3.8, 4) is 17.2 Å². The minimum atomic E-state index is -0.445.